The van der Waals surface area contributed by atoms with Gasteiger partial charge >= 0.3 is 0 Å². The number of benzene rings is 2. The van der Waals surface area contributed by atoms with Crippen molar-refractivity contribution < 1.29 is 4.39 Å². The summed E-state index contributed by atoms with van der Waals surface area (Å²) in [6.45, 7) is 2.61. The van der Waals surface area contributed by atoms with E-state index in [9.17, 15) is 4.39 Å². The van der Waals surface area contributed by atoms with E-state index in [-0.39, 0.29) is 11.9 Å². The molecule has 0 saturated heterocycles. The van der Waals surface area contributed by atoms with Gasteiger partial charge in [-0.3, -0.25) is 0 Å². The number of halogens is 2. The fraction of sp³-hybridized carbons (Fsp3) is 0.250. The van der Waals surface area contributed by atoms with Crippen molar-refractivity contribution in [2.24, 2.45) is 0 Å². The summed E-state index contributed by atoms with van der Waals surface area (Å²) in [5, 5.41) is 3.35. The molecule has 0 heterocycles. The van der Waals surface area contributed by atoms with E-state index >= 15 is 0 Å². The largest absolute Gasteiger partial charge is 0.306 e. The maximum atomic E-state index is 13.7. The Hall–Kier alpha value is -0.840. The molecule has 2 rings (SSSR count). The predicted molar refractivity (Wildman–Crippen MR) is 87.6 cm³/mol. The van der Waals surface area contributed by atoms with Crippen LogP contribution in [0.2, 0.25) is 0 Å². The van der Waals surface area contributed by atoms with Crippen LogP contribution >= 0.6 is 27.7 Å². The fourth-order valence-electron chi connectivity index (χ4n) is 1.94. The first-order valence-electron chi connectivity index (χ1n) is 6.41. The summed E-state index contributed by atoms with van der Waals surface area (Å²) >= 11 is 4.99. The first-order chi connectivity index (χ1) is 9.60. The Balaban J connectivity index is 1.98. The van der Waals surface area contributed by atoms with Crippen molar-refractivity contribution in [3.8, 4) is 0 Å². The second-order valence-electron chi connectivity index (χ2n) is 4.61. The number of nitrogens with one attached hydrogen (secondary N) is 1. The van der Waals surface area contributed by atoms with Crippen LogP contribution in [0.15, 0.2) is 51.8 Å². The van der Waals surface area contributed by atoms with Gasteiger partial charge in [0.2, 0.25) is 0 Å². The topological polar surface area (TPSA) is 12.0 Å². The van der Waals surface area contributed by atoms with Crippen molar-refractivity contribution in [1.29, 1.82) is 0 Å². The van der Waals surface area contributed by atoms with Crippen molar-refractivity contribution in [1.82, 2.24) is 5.32 Å². The number of rotatable bonds is 5. The molecule has 0 saturated carbocycles. The van der Waals surface area contributed by atoms with Crippen LogP contribution in [0, 0.1) is 5.82 Å². The van der Waals surface area contributed by atoms with E-state index in [1.807, 2.05) is 6.07 Å². The third-order valence-corrected chi connectivity index (χ3v) is 4.47. The van der Waals surface area contributed by atoms with E-state index in [4.69, 9.17) is 0 Å². The summed E-state index contributed by atoms with van der Waals surface area (Å²) in [6, 6.07) is 13.8. The highest BCUT2D eigenvalue weighted by atomic mass is 79.9. The molecule has 0 bridgehead atoms. The Morgan fingerprint density at radius 3 is 2.50 bits per heavy atom. The predicted octanol–water partition coefficient (Wildman–Crippen LogP) is 5.16. The molecule has 0 amide bonds. The SMILES string of the molecule is CSc1ccc(C(C)NCc2ccc(Br)cc2F)cc1. The second kappa shape index (κ2) is 7.25. The first kappa shape index (κ1) is 15.5. The summed E-state index contributed by atoms with van der Waals surface area (Å²) < 4.78 is 14.5. The third-order valence-electron chi connectivity index (χ3n) is 3.23. The molecule has 106 valence electrons. The zero-order valence-corrected chi connectivity index (χ0v) is 13.9. The summed E-state index contributed by atoms with van der Waals surface area (Å²) in [7, 11) is 0. The summed E-state index contributed by atoms with van der Waals surface area (Å²) in [5.74, 6) is -0.184. The van der Waals surface area contributed by atoms with Gasteiger partial charge in [0.25, 0.3) is 0 Å². The van der Waals surface area contributed by atoms with E-state index < -0.39 is 0 Å². The van der Waals surface area contributed by atoms with Crippen molar-refractivity contribution in [3.05, 3.63) is 63.9 Å². The normalized spacial score (nSPS) is 12.4. The van der Waals surface area contributed by atoms with E-state index in [1.165, 1.54) is 16.5 Å². The molecule has 0 aliphatic carbocycles. The van der Waals surface area contributed by atoms with Gasteiger partial charge < -0.3 is 5.32 Å². The highest BCUT2D eigenvalue weighted by molar-refractivity contribution is 9.10. The minimum absolute atomic E-state index is 0.184. The van der Waals surface area contributed by atoms with Crippen molar-refractivity contribution in [2.75, 3.05) is 6.26 Å². The third kappa shape index (κ3) is 4.08. The summed E-state index contributed by atoms with van der Waals surface area (Å²) in [6.07, 6.45) is 2.06. The van der Waals surface area contributed by atoms with E-state index in [2.05, 4.69) is 58.7 Å². The Morgan fingerprint density at radius 1 is 1.20 bits per heavy atom. The van der Waals surface area contributed by atoms with Crippen LogP contribution in [0.5, 0.6) is 0 Å². The lowest BCUT2D eigenvalue weighted by Gasteiger charge is -2.15. The van der Waals surface area contributed by atoms with Crippen LogP contribution in [0.4, 0.5) is 4.39 Å². The molecule has 1 unspecified atom stereocenters. The average molecular weight is 354 g/mol. The van der Waals surface area contributed by atoms with Gasteiger partial charge in [0.15, 0.2) is 0 Å². The van der Waals surface area contributed by atoms with Crippen molar-refractivity contribution in [3.63, 3.8) is 0 Å². The van der Waals surface area contributed by atoms with E-state index in [0.717, 1.165) is 4.47 Å². The molecular formula is C16H17BrFNS. The monoisotopic (exact) mass is 353 g/mol. The number of thioether (sulfide) groups is 1. The van der Waals surface area contributed by atoms with Gasteiger partial charge in [-0.1, -0.05) is 34.1 Å². The van der Waals surface area contributed by atoms with Gasteiger partial charge in [-0.05, 0) is 43.0 Å². The maximum absolute atomic E-state index is 13.7. The van der Waals surface area contributed by atoms with Gasteiger partial charge in [0, 0.05) is 27.5 Å². The summed E-state index contributed by atoms with van der Waals surface area (Å²) in [5.41, 5.74) is 1.89. The zero-order valence-electron chi connectivity index (χ0n) is 11.5. The molecule has 1 atom stereocenters. The first-order valence-corrected chi connectivity index (χ1v) is 8.43. The Kier molecular flexibility index (Phi) is 5.64. The van der Waals surface area contributed by atoms with Gasteiger partial charge in [-0.2, -0.15) is 0 Å². The molecule has 0 aromatic heterocycles. The lowest BCUT2D eigenvalue weighted by molar-refractivity contribution is 0.544. The molecule has 1 nitrogen and oxygen atoms in total. The average Bonchev–Trinajstić information content (AvgIpc) is 2.46. The highest BCUT2D eigenvalue weighted by Gasteiger charge is 2.07. The Morgan fingerprint density at radius 2 is 1.90 bits per heavy atom. The molecule has 0 fully saturated rings. The van der Waals surface area contributed by atoms with Gasteiger partial charge in [0.05, 0.1) is 0 Å². The van der Waals surface area contributed by atoms with Crippen LogP contribution in [0.3, 0.4) is 0 Å². The highest BCUT2D eigenvalue weighted by Crippen LogP contribution is 2.20. The lowest BCUT2D eigenvalue weighted by atomic mass is 10.1. The standard InChI is InChI=1S/C16H17BrFNS/c1-11(12-4-7-15(20-2)8-5-12)19-10-13-3-6-14(17)9-16(13)18/h3-9,11,19H,10H2,1-2H3. The lowest BCUT2D eigenvalue weighted by Crippen LogP contribution is -2.18. The zero-order chi connectivity index (χ0) is 14.5. The minimum Gasteiger partial charge on any atom is -0.306 e. The van der Waals surface area contributed by atoms with Crippen molar-refractivity contribution in [2.45, 2.75) is 24.4 Å². The molecule has 0 spiro atoms. The van der Waals surface area contributed by atoms with Crippen LogP contribution in [0.1, 0.15) is 24.1 Å². The smallest absolute Gasteiger partial charge is 0.128 e. The van der Waals surface area contributed by atoms with Crippen LogP contribution in [-0.2, 0) is 6.54 Å². The molecule has 0 aliphatic heterocycles. The Bertz CT molecular complexity index is 571. The molecular weight excluding hydrogens is 337 g/mol. The minimum atomic E-state index is -0.184. The van der Waals surface area contributed by atoms with Crippen LogP contribution in [-0.4, -0.2) is 6.26 Å². The van der Waals surface area contributed by atoms with Crippen LogP contribution < -0.4 is 5.32 Å². The second-order valence-corrected chi connectivity index (χ2v) is 6.41. The fourth-order valence-corrected chi connectivity index (χ4v) is 2.68. The van der Waals surface area contributed by atoms with Gasteiger partial charge in [-0.15, -0.1) is 11.8 Å². The molecule has 20 heavy (non-hydrogen) atoms. The molecule has 0 aliphatic rings. The maximum Gasteiger partial charge on any atom is 0.128 e. The quantitative estimate of drug-likeness (QED) is 0.745. The number of hydrogen-bond acceptors (Lipinski definition) is 2. The molecule has 2 aromatic rings. The van der Waals surface area contributed by atoms with E-state index in [1.54, 1.807) is 17.8 Å². The molecule has 0 radical (unpaired) electrons. The van der Waals surface area contributed by atoms with Crippen molar-refractivity contribution >= 4 is 27.7 Å². The number of hydrogen-bond donors (Lipinski definition) is 1. The van der Waals surface area contributed by atoms with E-state index in [0.29, 0.717) is 12.1 Å². The molecule has 4 heteroatoms. The van der Waals surface area contributed by atoms with Gasteiger partial charge in [0.1, 0.15) is 5.82 Å². The van der Waals surface area contributed by atoms with Crippen LogP contribution in [0.25, 0.3) is 0 Å². The summed E-state index contributed by atoms with van der Waals surface area (Å²) in [4.78, 5) is 1.25. The van der Waals surface area contributed by atoms with Gasteiger partial charge in [-0.25, -0.2) is 4.39 Å². The molecule has 2 aromatic carbocycles. The Labute approximate surface area is 132 Å². The molecule has 1 N–H and O–H groups in total.